The van der Waals surface area contributed by atoms with Crippen LogP contribution in [0.3, 0.4) is 0 Å². The highest BCUT2D eigenvalue weighted by molar-refractivity contribution is 7.99. The first kappa shape index (κ1) is 13.0. The van der Waals surface area contributed by atoms with Crippen LogP contribution in [-0.2, 0) is 24.2 Å². The Labute approximate surface area is 116 Å². The Bertz CT molecular complexity index is 468. The predicted octanol–water partition coefficient (Wildman–Crippen LogP) is 1.61. The summed E-state index contributed by atoms with van der Waals surface area (Å²) >= 11 is 2.04. The zero-order valence-electron chi connectivity index (χ0n) is 10.9. The number of fused-ring (bicyclic) bond motifs is 1. The van der Waals surface area contributed by atoms with Crippen molar-refractivity contribution in [1.82, 2.24) is 14.8 Å². The lowest BCUT2D eigenvalue weighted by Gasteiger charge is -2.23. The summed E-state index contributed by atoms with van der Waals surface area (Å²) in [5.74, 6) is 4.18. The number of nitrogens with zero attached hydrogens (tertiary/aromatic N) is 3. The van der Waals surface area contributed by atoms with Crippen molar-refractivity contribution in [2.45, 2.75) is 38.6 Å². The van der Waals surface area contributed by atoms with Crippen LogP contribution >= 0.6 is 11.8 Å². The summed E-state index contributed by atoms with van der Waals surface area (Å²) in [5, 5.41) is 17.6. The van der Waals surface area contributed by atoms with Gasteiger partial charge in [-0.1, -0.05) is 0 Å². The van der Waals surface area contributed by atoms with E-state index in [-0.39, 0.29) is 5.92 Å². The summed E-state index contributed by atoms with van der Waals surface area (Å²) in [5.41, 5.74) is 0. The van der Waals surface area contributed by atoms with E-state index in [1.165, 1.54) is 24.3 Å². The quantitative estimate of drug-likeness (QED) is 0.911. The molecule has 19 heavy (non-hydrogen) atoms. The van der Waals surface area contributed by atoms with Crippen molar-refractivity contribution in [3.8, 4) is 0 Å². The topological polar surface area (TPSA) is 68.0 Å². The fraction of sp³-hybridized carbons (Fsp3) is 0.769. The third-order valence-electron chi connectivity index (χ3n) is 4.20. The highest BCUT2D eigenvalue weighted by Crippen LogP contribution is 2.27. The molecule has 104 valence electrons. The van der Waals surface area contributed by atoms with Crippen LogP contribution in [0.15, 0.2) is 0 Å². The van der Waals surface area contributed by atoms with Crippen LogP contribution in [0.2, 0.25) is 0 Å². The van der Waals surface area contributed by atoms with Gasteiger partial charge in [-0.3, -0.25) is 4.79 Å². The minimum Gasteiger partial charge on any atom is -0.481 e. The molecule has 0 radical (unpaired) electrons. The molecule has 0 spiro atoms. The minimum absolute atomic E-state index is 0.282. The summed E-state index contributed by atoms with van der Waals surface area (Å²) in [6.45, 7) is 0.760. The van der Waals surface area contributed by atoms with Gasteiger partial charge in [0, 0.05) is 19.4 Å². The lowest BCUT2D eigenvalue weighted by molar-refractivity contribution is -0.142. The molecule has 5 nitrogen and oxygen atoms in total. The van der Waals surface area contributed by atoms with Gasteiger partial charge in [0.15, 0.2) is 0 Å². The van der Waals surface area contributed by atoms with Crippen molar-refractivity contribution in [3.63, 3.8) is 0 Å². The second-order valence-corrected chi connectivity index (χ2v) is 6.70. The molecule has 3 heterocycles. The van der Waals surface area contributed by atoms with Crippen LogP contribution in [0.4, 0.5) is 0 Å². The minimum atomic E-state index is -0.708. The SMILES string of the molecule is O=C(O)C1CCn2c(CC3CCSCC3)nnc2C1. The average molecular weight is 281 g/mol. The van der Waals surface area contributed by atoms with E-state index in [1.54, 1.807) is 0 Å². The summed E-state index contributed by atoms with van der Waals surface area (Å²) in [6.07, 6.45) is 4.78. The van der Waals surface area contributed by atoms with Crippen LogP contribution in [-0.4, -0.2) is 37.3 Å². The molecular formula is C13H19N3O2S. The van der Waals surface area contributed by atoms with E-state index in [4.69, 9.17) is 5.11 Å². The largest absolute Gasteiger partial charge is 0.481 e. The highest BCUT2D eigenvalue weighted by atomic mass is 32.2. The first-order chi connectivity index (χ1) is 9.24. The molecule has 1 aromatic heterocycles. The summed E-state index contributed by atoms with van der Waals surface area (Å²) < 4.78 is 2.15. The van der Waals surface area contributed by atoms with Crippen LogP contribution in [0.1, 0.15) is 30.9 Å². The number of rotatable bonds is 3. The zero-order chi connectivity index (χ0) is 13.2. The summed E-state index contributed by atoms with van der Waals surface area (Å²) in [4.78, 5) is 11.0. The Morgan fingerprint density at radius 3 is 2.84 bits per heavy atom. The van der Waals surface area contributed by atoms with Gasteiger partial charge in [0.05, 0.1) is 5.92 Å². The molecule has 2 aliphatic heterocycles. The molecule has 0 aliphatic carbocycles. The molecule has 1 unspecified atom stereocenters. The van der Waals surface area contributed by atoms with Crippen molar-refractivity contribution < 1.29 is 9.90 Å². The van der Waals surface area contributed by atoms with Gasteiger partial charge < -0.3 is 9.67 Å². The number of thioether (sulfide) groups is 1. The van der Waals surface area contributed by atoms with Gasteiger partial charge in [-0.15, -0.1) is 10.2 Å². The molecule has 0 bridgehead atoms. The molecule has 0 aromatic carbocycles. The molecule has 1 N–H and O–H groups in total. The van der Waals surface area contributed by atoms with Gasteiger partial charge >= 0.3 is 5.97 Å². The molecule has 1 aromatic rings. The molecule has 3 rings (SSSR count). The van der Waals surface area contributed by atoms with E-state index in [2.05, 4.69) is 14.8 Å². The zero-order valence-corrected chi connectivity index (χ0v) is 11.7. The van der Waals surface area contributed by atoms with E-state index in [9.17, 15) is 4.79 Å². The number of hydrogen-bond donors (Lipinski definition) is 1. The molecule has 1 saturated heterocycles. The summed E-state index contributed by atoms with van der Waals surface area (Å²) in [6, 6.07) is 0. The van der Waals surface area contributed by atoms with Crippen molar-refractivity contribution in [3.05, 3.63) is 11.6 Å². The Hall–Kier alpha value is -1.04. The number of aromatic nitrogens is 3. The third-order valence-corrected chi connectivity index (χ3v) is 5.24. The van der Waals surface area contributed by atoms with Crippen molar-refractivity contribution in [2.75, 3.05) is 11.5 Å². The van der Waals surface area contributed by atoms with Gasteiger partial charge in [-0.05, 0) is 36.7 Å². The Morgan fingerprint density at radius 1 is 1.32 bits per heavy atom. The van der Waals surface area contributed by atoms with Crippen LogP contribution in [0, 0.1) is 11.8 Å². The smallest absolute Gasteiger partial charge is 0.307 e. The number of carbonyl (C=O) groups is 1. The first-order valence-corrected chi connectivity index (χ1v) is 8.11. The monoisotopic (exact) mass is 281 g/mol. The van der Waals surface area contributed by atoms with E-state index >= 15 is 0 Å². The second-order valence-electron chi connectivity index (χ2n) is 5.47. The predicted molar refractivity (Wildman–Crippen MR) is 73.2 cm³/mol. The molecule has 1 fully saturated rings. The maximum atomic E-state index is 11.0. The van der Waals surface area contributed by atoms with Crippen molar-refractivity contribution in [1.29, 1.82) is 0 Å². The fourth-order valence-electron chi connectivity index (χ4n) is 2.96. The second kappa shape index (κ2) is 5.53. The van der Waals surface area contributed by atoms with Crippen molar-refractivity contribution in [2.24, 2.45) is 11.8 Å². The van der Waals surface area contributed by atoms with Crippen LogP contribution < -0.4 is 0 Å². The van der Waals surface area contributed by atoms with E-state index in [0.717, 1.165) is 30.5 Å². The standard InChI is InChI=1S/C13H19N3O2S/c17-13(18)10-1-4-16-11(14-15-12(16)8-10)7-9-2-5-19-6-3-9/h9-10H,1-8H2,(H,17,18). The van der Waals surface area contributed by atoms with Crippen LogP contribution in [0.5, 0.6) is 0 Å². The lowest BCUT2D eigenvalue weighted by Crippen LogP contribution is -2.27. The van der Waals surface area contributed by atoms with E-state index in [0.29, 0.717) is 12.8 Å². The normalized spacial score (nSPS) is 24.1. The van der Waals surface area contributed by atoms with Gasteiger partial charge in [0.1, 0.15) is 11.6 Å². The maximum Gasteiger partial charge on any atom is 0.307 e. The number of carboxylic acids is 1. The van der Waals surface area contributed by atoms with Gasteiger partial charge in [-0.2, -0.15) is 11.8 Å². The fourth-order valence-corrected chi connectivity index (χ4v) is 4.16. The first-order valence-electron chi connectivity index (χ1n) is 6.95. The number of hydrogen-bond acceptors (Lipinski definition) is 4. The molecule has 0 amide bonds. The molecular weight excluding hydrogens is 262 g/mol. The van der Waals surface area contributed by atoms with Crippen molar-refractivity contribution >= 4 is 17.7 Å². The Kier molecular flexibility index (Phi) is 3.77. The van der Waals surface area contributed by atoms with E-state index in [1.807, 2.05) is 11.8 Å². The number of aliphatic carboxylic acids is 1. The van der Waals surface area contributed by atoms with Gasteiger partial charge in [0.2, 0.25) is 0 Å². The van der Waals surface area contributed by atoms with Crippen LogP contribution in [0.25, 0.3) is 0 Å². The maximum absolute atomic E-state index is 11.0. The van der Waals surface area contributed by atoms with E-state index < -0.39 is 5.97 Å². The molecule has 0 saturated carbocycles. The molecule has 6 heteroatoms. The lowest BCUT2D eigenvalue weighted by atomic mass is 9.96. The Morgan fingerprint density at radius 2 is 2.11 bits per heavy atom. The third kappa shape index (κ3) is 2.78. The Balaban J connectivity index is 1.70. The molecule has 2 aliphatic rings. The van der Waals surface area contributed by atoms with Gasteiger partial charge in [-0.25, -0.2) is 0 Å². The van der Waals surface area contributed by atoms with Gasteiger partial charge in [0.25, 0.3) is 0 Å². The summed E-state index contributed by atoms with van der Waals surface area (Å²) in [7, 11) is 0. The molecule has 1 atom stereocenters. The highest BCUT2D eigenvalue weighted by Gasteiger charge is 2.28. The number of carboxylic acid groups (broad SMARTS) is 1. The average Bonchev–Trinajstić information content (AvgIpc) is 2.82.